The molecule has 176 valence electrons. The van der Waals surface area contributed by atoms with Crippen molar-refractivity contribution in [1.82, 2.24) is 19.5 Å². The van der Waals surface area contributed by atoms with Crippen molar-refractivity contribution in [3.63, 3.8) is 0 Å². The van der Waals surface area contributed by atoms with Crippen molar-refractivity contribution in [2.75, 3.05) is 5.75 Å². The monoisotopic (exact) mass is 483 g/mol. The third-order valence-electron chi connectivity index (χ3n) is 6.23. The number of H-pyrrole nitrogens is 1. The van der Waals surface area contributed by atoms with E-state index in [0.717, 1.165) is 30.3 Å². The second kappa shape index (κ2) is 10.2. The summed E-state index contributed by atoms with van der Waals surface area (Å²) in [4.78, 5) is 25.6. The number of hydrogen-bond acceptors (Lipinski definition) is 6. The smallest absolute Gasteiger partial charge is 0.262 e. The number of aliphatic hydroxyl groups excluding tert-OH is 1. The highest BCUT2D eigenvalue weighted by atomic mass is 32.2. The molecule has 7 nitrogen and oxygen atoms in total. The molecule has 2 heterocycles. The van der Waals surface area contributed by atoms with Crippen LogP contribution in [-0.4, -0.2) is 30.4 Å². The minimum Gasteiger partial charge on any atom is -0.510 e. The number of rotatable bonds is 7. The first kappa shape index (κ1) is 22.9. The largest absolute Gasteiger partial charge is 0.510 e. The van der Waals surface area contributed by atoms with Crippen LogP contribution in [0.3, 0.4) is 0 Å². The number of imidazole rings is 1. The summed E-state index contributed by atoms with van der Waals surface area (Å²) in [6, 6.07) is 16.8. The van der Waals surface area contributed by atoms with Crippen molar-refractivity contribution in [2.24, 2.45) is 0 Å². The molecule has 1 aliphatic rings. The van der Waals surface area contributed by atoms with Gasteiger partial charge in [-0.1, -0.05) is 47.7 Å². The molecule has 0 saturated heterocycles. The van der Waals surface area contributed by atoms with Crippen LogP contribution in [0.1, 0.15) is 37.9 Å². The van der Waals surface area contributed by atoms with Crippen LogP contribution >= 0.6 is 11.8 Å². The number of fused-ring (bicyclic) bond motifs is 2. The van der Waals surface area contributed by atoms with E-state index in [2.05, 4.69) is 22.1 Å². The normalized spacial score (nSPS) is 14.5. The molecule has 0 fully saturated rings. The van der Waals surface area contributed by atoms with Crippen LogP contribution in [-0.2, 0) is 6.54 Å². The zero-order valence-electron chi connectivity index (χ0n) is 19.2. The average molecular weight is 484 g/mol. The van der Waals surface area contributed by atoms with Crippen LogP contribution in [0.5, 0.6) is 0 Å². The van der Waals surface area contributed by atoms with Gasteiger partial charge >= 0.3 is 0 Å². The first-order valence-electron chi connectivity index (χ1n) is 11.7. The van der Waals surface area contributed by atoms with E-state index in [1.807, 2.05) is 42.5 Å². The van der Waals surface area contributed by atoms with Gasteiger partial charge in [0.05, 0.1) is 27.7 Å². The molecule has 0 spiro atoms. The Bertz CT molecular complexity index is 1520. The van der Waals surface area contributed by atoms with Crippen molar-refractivity contribution in [3.05, 3.63) is 82.1 Å². The van der Waals surface area contributed by atoms with E-state index in [1.165, 1.54) is 30.2 Å². The number of aromatic nitrogens is 4. The molecule has 0 saturated carbocycles. The van der Waals surface area contributed by atoms with Gasteiger partial charge in [0, 0.05) is 6.54 Å². The molecular formula is C27H25N5O2S. The SMILES string of the molecule is N#CC(=C(O)CSc1nc2ccccc2c(=O)n1CCC1=CCCCC1)c1nc2ccccc2[nH]1. The summed E-state index contributed by atoms with van der Waals surface area (Å²) in [5.41, 5.74) is 3.50. The molecule has 2 aromatic carbocycles. The summed E-state index contributed by atoms with van der Waals surface area (Å²) in [6.07, 6.45) is 7.68. The van der Waals surface area contributed by atoms with Gasteiger partial charge in [-0.05, 0) is 56.4 Å². The van der Waals surface area contributed by atoms with E-state index in [1.54, 1.807) is 10.6 Å². The van der Waals surface area contributed by atoms with Crippen LogP contribution in [0.15, 0.2) is 75.9 Å². The van der Waals surface area contributed by atoms with Gasteiger partial charge in [0.25, 0.3) is 5.56 Å². The number of allylic oxidation sites excluding steroid dienone is 3. The number of para-hydroxylation sites is 3. The van der Waals surface area contributed by atoms with Gasteiger partial charge in [-0.25, -0.2) is 9.97 Å². The summed E-state index contributed by atoms with van der Waals surface area (Å²) < 4.78 is 1.70. The van der Waals surface area contributed by atoms with E-state index in [-0.39, 0.29) is 22.6 Å². The molecule has 0 radical (unpaired) electrons. The van der Waals surface area contributed by atoms with Gasteiger partial charge in [0.15, 0.2) is 11.0 Å². The summed E-state index contributed by atoms with van der Waals surface area (Å²) in [6.45, 7) is 0.532. The molecule has 5 rings (SSSR count). The van der Waals surface area contributed by atoms with E-state index >= 15 is 0 Å². The number of aliphatic hydroxyl groups is 1. The van der Waals surface area contributed by atoms with E-state index in [4.69, 9.17) is 4.98 Å². The van der Waals surface area contributed by atoms with Crippen molar-refractivity contribution in [3.8, 4) is 6.07 Å². The predicted molar refractivity (Wildman–Crippen MR) is 139 cm³/mol. The lowest BCUT2D eigenvalue weighted by atomic mass is 9.97. The van der Waals surface area contributed by atoms with Crippen LogP contribution < -0.4 is 5.56 Å². The van der Waals surface area contributed by atoms with Gasteiger partial charge in [0.2, 0.25) is 0 Å². The Labute approximate surface area is 206 Å². The molecule has 0 aliphatic heterocycles. The Morgan fingerprint density at radius 3 is 2.69 bits per heavy atom. The van der Waals surface area contributed by atoms with Crippen LogP contribution in [0.25, 0.3) is 27.5 Å². The van der Waals surface area contributed by atoms with Gasteiger partial charge < -0.3 is 10.1 Å². The highest BCUT2D eigenvalue weighted by Crippen LogP contribution is 2.26. The van der Waals surface area contributed by atoms with Crippen molar-refractivity contribution in [1.29, 1.82) is 5.26 Å². The Balaban J connectivity index is 1.45. The number of nitrogens with one attached hydrogen (secondary N) is 1. The lowest BCUT2D eigenvalue weighted by Gasteiger charge is -2.16. The van der Waals surface area contributed by atoms with Crippen LogP contribution in [0.4, 0.5) is 0 Å². The standard InChI is InChI=1S/C27H25N5O2S/c28-16-20(25-29-22-12-6-7-13-23(22)30-25)24(33)17-35-27-31-21-11-5-4-10-19(21)26(34)32(27)15-14-18-8-2-1-3-9-18/h4-8,10-13,33H,1-3,9,14-15,17H2,(H,29,30). The molecule has 0 bridgehead atoms. The Kier molecular flexibility index (Phi) is 6.68. The fraction of sp³-hybridized carbons (Fsp3) is 0.259. The summed E-state index contributed by atoms with van der Waals surface area (Å²) in [5.74, 6) is 0.299. The summed E-state index contributed by atoms with van der Waals surface area (Å²) in [7, 11) is 0. The van der Waals surface area contributed by atoms with Gasteiger partial charge in [0.1, 0.15) is 17.4 Å². The van der Waals surface area contributed by atoms with Crippen LogP contribution in [0, 0.1) is 11.3 Å². The van der Waals surface area contributed by atoms with Crippen molar-refractivity contribution in [2.45, 2.75) is 43.8 Å². The molecule has 4 aromatic rings. The Hall–Kier alpha value is -3.83. The number of nitrogens with zero attached hydrogens (tertiary/aromatic N) is 4. The lowest BCUT2D eigenvalue weighted by Crippen LogP contribution is -2.24. The lowest BCUT2D eigenvalue weighted by molar-refractivity contribution is 0.420. The highest BCUT2D eigenvalue weighted by Gasteiger charge is 2.17. The first-order chi connectivity index (χ1) is 17.1. The molecule has 2 N–H and O–H groups in total. The third kappa shape index (κ3) is 4.86. The number of thioether (sulfide) groups is 1. The minimum absolute atomic E-state index is 0.0794. The zero-order chi connectivity index (χ0) is 24.2. The molecule has 0 amide bonds. The van der Waals surface area contributed by atoms with Gasteiger partial charge in [-0.2, -0.15) is 5.26 Å². The molecule has 2 aromatic heterocycles. The number of nitriles is 1. The van der Waals surface area contributed by atoms with Crippen molar-refractivity contribution >= 4 is 39.3 Å². The molecule has 0 unspecified atom stereocenters. The molecule has 1 aliphatic carbocycles. The molecular weight excluding hydrogens is 458 g/mol. The fourth-order valence-electron chi connectivity index (χ4n) is 4.37. The third-order valence-corrected chi connectivity index (χ3v) is 7.22. The number of aromatic amines is 1. The maximum absolute atomic E-state index is 13.3. The quantitative estimate of drug-likeness (QED) is 0.114. The average Bonchev–Trinajstić information content (AvgIpc) is 3.32. The molecule has 35 heavy (non-hydrogen) atoms. The maximum Gasteiger partial charge on any atom is 0.262 e. The molecule has 0 atom stereocenters. The summed E-state index contributed by atoms with van der Waals surface area (Å²) >= 11 is 1.25. The van der Waals surface area contributed by atoms with Crippen LogP contribution in [0.2, 0.25) is 0 Å². The van der Waals surface area contributed by atoms with E-state index in [0.29, 0.717) is 28.4 Å². The second-order valence-electron chi connectivity index (χ2n) is 8.55. The Morgan fingerprint density at radius 2 is 1.91 bits per heavy atom. The van der Waals surface area contributed by atoms with Crippen molar-refractivity contribution < 1.29 is 5.11 Å². The topological polar surface area (TPSA) is 108 Å². The summed E-state index contributed by atoms with van der Waals surface area (Å²) in [5, 5.41) is 21.6. The first-order valence-corrected chi connectivity index (χ1v) is 12.7. The van der Waals surface area contributed by atoms with E-state index < -0.39 is 0 Å². The number of hydrogen-bond donors (Lipinski definition) is 2. The minimum atomic E-state index is -0.111. The fourth-order valence-corrected chi connectivity index (χ4v) is 5.28. The maximum atomic E-state index is 13.3. The number of benzene rings is 2. The second-order valence-corrected chi connectivity index (χ2v) is 9.49. The molecule has 8 heteroatoms. The predicted octanol–water partition coefficient (Wildman–Crippen LogP) is 5.75. The highest BCUT2D eigenvalue weighted by molar-refractivity contribution is 7.99. The Morgan fingerprint density at radius 1 is 1.11 bits per heavy atom. The van der Waals surface area contributed by atoms with E-state index in [9.17, 15) is 15.2 Å². The zero-order valence-corrected chi connectivity index (χ0v) is 20.0. The van der Waals surface area contributed by atoms with Gasteiger partial charge in [-0.3, -0.25) is 9.36 Å². The van der Waals surface area contributed by atoms with Gasteiger partial charge in [-0.15, -0.1) is 0 Å².